The Bertz CT molecular complexity index is 1070. The fourth-order valence-corrected chi connectivity index (χ4v) is 5.09. The summed E-state index contributed by atoms with van der Waals surface area (Å²) in [6.45, 7) is 2.09. The summed E-state index contributed by atoms with van der Waals surface area (Å²) < 4.78 is 0.866. The number of imide groups is 1. The summed E-state index contributed by atoms with van der Waals surface area (Å²) in [6.07, 6.45) is 1.71. The normalized spacial score (nSPS) is 27.1. The van der Waals surface area contributed by atoms with Crippen molar-refractivity contribution in [2.75, 3.05) is 6.54 Å². The molecule has 2 aromatic carbocycles. The lowest BCUT2D eigenvalue weighted by molar-refractivity contribution is -0.141. The number of nitrogens with zero attached hydrogens (tertiary/aromatic N) is 3. The summed E-state index contributed by atoms with van der Waals surface area (Å²) >= 11 is 3.38. The van der Waals surface area contributed by atoms with Crippen LogP contribution in [0.1, 0.15) is 34.5 Å². The smallest absolute Gasteiger partial charge is 0.235 e. The first-order chi connectivity index (χ1) is 14.0. The van der Waals surface area contributed by atoms with Crippen molar-refractivity contribution in [1.82, 2.24) is 9.91 Å². The third-order valence-corrected chi connectivity index (χ3v) is 6.63. The van der Waals surface area contributed by atoms with Crippen LogP contribution in [-0.2, 0) is 9.59 Å². The molecule has 2 fully saturated rings. The number of hydrogen-bond donors (Lipinski definition) is 0. The van der Waals surface area contributed by atoms with E-state index >= 15 is 0 Å². The Hall–Kier alpha value is -2.80. The SMILES string of the molecule is CCN1C(=O)[C@@H]2[C@@H](C1=O)[C@@H]1c3ccccc3C=NN1[C@@H]2C(=O)c1ccc(Br)cc1. The molecule has 3 aliphatic heterocycles. The van der Waals surface area contributed by atoms with Crippen LogP contribution in [0.5, 0.6) is 0 Å². The number of ketones is 1. The maximum absolute atomic E-state index is 13.5. The third-order valence-electron chi connectivity index (χ3n) is 6.10. The van der Waals surface area contributed by atoms with Crippen LogP contribution in [0.15, 0.2) is 58.1 Å². The fourth-order valence-electron chi connectivity index (χ4n) is 4.83. The molecule has 7 heteroatoms. The Morgan fingerprint density at radius 2 is 1.72 bits per heavy atom. The number of amides is 2. The predicted molar refractivity (Wildman–Crippen MR) is 110 cm³/mol. The van der Waals surface area contributed by atoms with Gasteiger partial charge >= 0.3 is 0 Å². The van der Waals surface area contributed by atoms with Crippen molar-refractivity contribution >= 4 is 39.7 Å². The van der Waals surface area contributed by atoms with Gasteiger partial charge in [0.15, 0.2) is 5.78 Å². The van der Waals surface area contributed by atoms with Gasteiger partial charge in [-0.1, -0.05) is 52.3 Å². The van der Waals surface area contributed by atoms with E-state index in [1.54, 1.807) is 42.4 Å². The lowest BCUT2D eigenvalue weighted by Crippen LogP contribution is -2.44. The van der Waals surface area contributed by atoms with Gasteiger partial charge in [-0.2, -0.15) is 5.10 Å². The molecule has 3 aliphatic rings. The van der Waals surface area contributed by atoms with Crippen LogP contribution < -0.4 is 0 Å². The number of rotatable bonds is 3. The van der Waals surface area contributed by atoms with Crippen molar-refractivity contribution in [2.24, 2.45) is 16.9 Å². The molecule has 0 bridgehead atoms. The molecule has 0 spiro atoms. The zero-order valence-corrected chi connectivity index (χ0v) is 17.2. The summed E-state index contributed by atoms with van der Waals surface area (Å²) in [4.78, 5) is 41.1. The van der Waals surface area contributed by atoms with Crippen LogP contribution in [0, 0.1) is 11.8 Å². The van der Waals surface area contributed by atoms with Gasteiger partial charge < -0.3 is 0 Å². The number of hydrogen-bond acceptors (Lipinski definition) is 5. The second-order valence-corrected chi connectivity index (χ2v) is 8.40. The van der Waals surface area contributed by atoms with Crippen LogP contribution in [-0.4, -0.2) is 46.3 Å². The number of Topliss-reactive ketones (excluding diaryl/α,β-unsaturated/α-hetero) is 1. The van der Waals surface area contributed by atoms with Crippen molar-refractivity contribution in [3.8, 4) is 0 Å². The van der Waals surface area contributed by atoms with E-state index in [0.29, 0.717) is 12.1 Å². The third kappa shape index (κ3) is 2.53. The minimum Gasteiger partial charge on any atom is -0.292 e. The molecule has 0 saturated carbocycles. The molecule has 3 heterocycles. The van der Waals surface area contributed by atoms with E-state index in [-0.39, 0.29) is 17.6 Å². The summed E-state index contributed by atoms with van der Waals surface area (Å²) in [6, 6.07) is 13.6. The highest BCUT2D eigenvalue weighted by atomic mass is 79.9. The highest BCUT2D eigenvalue weighted by Gasteiger charge is 2.64. The van der Waals surface area contributed by atoms with Crippen LogP contribution in [0.3, 0.4) is 0 Å². The summed E-state index contributed by atoms with van der Waals surface area (Å²) in [7, 11) is 0. The second-order valence-electron chi connectivity index (χ2n) is 7.49. The van der Waals surface area contributed by atoms with Gasteiger partial charge in [-0.25, -0.2) is 0 Å². The van der Waals surface area contributed by atoms with Crippen molar-refractivity contribution in [1.29, 1.82) is 0 Å². The fraction of sp³-hybridized carbons (Fsp3) is 0.273. The van der Waals surface area contributed by atoms with E-state index in [1.165, 1.54) is 4.90 Å². The molecular weight excluding hydrogens is 434 g/mol. The molecular formula is C22H18BrN3O3. The molecule has 0 radical (unpaired) electrons. The van der Waals surface area contributed by atoms with E-state index in [1.807, 2.05) is 24.3 Å². The van der Waals surface area contributed by atoms with Gasteiger partial charge in [-0.05, 0) is 30.2 Å². The Kier molecular flexibility index (Phi) is 4.17. The number of carbonyl (C=O) groups excluding carboxylic acids is 3. The van der Waals surface area contributed by atoms with Gasteiger partial charge in [-0.3, -0.25) is 24.3 Å². The standard InChI is InChI=1S/C22H18BrN3O3/c1-2-25-21(28)16-17(22(25)29)19(20(27)12-7-9-14(23)10-8-12)26-18(16)15-6-4-3-5-13(15)11-24-26/h3-11,16-19H,2H2,1H3/t16-,17-,18+,19+/m1/s1. The van der Waals surface area contributed by atoms with E-state index in [2.05, 4.69) is 21.0 Å². The highest BCUT2D eigenvalue weighted by Crippen LogP contribution is 2.52. The molecule has 146 valence electrons. The molecule has 0 unspecified atom stereocenters. The van der Waals surface area contributed by atoms with E-state index in [9.17, 15) is 14.4 Å². The van der Waals surface area contributed by atoms with Crippen LogP contribution >= 0.6 is 15.9 Å². The van der Waals surface area contributed by atoms with E-state index in [4.69, 9.17) is 0 Å². The summed E-state index contributed by atoms with van der Waals surface area (Å²) in [5.74, 6) is -2.02. The molecule has 4 atom stereocenters. The first-order valence-corrected chi connectivity index (χ1v) is 10.4. The van der Waals surface area contributed by atoms with Crippen molar-refractivity contribution < 1.29 is 14.4 Å². The molecule has 0 aliphatic carbocycles. The van der Waals surface area contributed by atoms with Gasteiger partial charge in [0.25, 0.3) is 0 Å². The van der Waals surface area contributed by atoms with Gasteiger partial charge in [0.05, 0.1) is 24.1 Å². The molecule has 2 aromatic rings. The lowest BCUT2D eigenvalue weighted by atomic mass is 9.83. The van der Waals surface area contributed by atoms with Crippen molar-refractivity contribution in [3.05, 3.63) is 69.7 Å². The van der Waals surface area contributed by atoms with Crippen LogP contribution in [0.2, 0.25) is 0 Å². The zero-order chi connectivity index (χ0) is 20.3. The summed E-state index contributed by atoms with van der Waals surface area (Å²) in [5.41, 5.74) is 2.35. The number of hydrazone groups is 1. The monoisotopic (exact) mass is 451 g/mol. The molecule has 6 nitrogen and oxygen atoms in total. The number of halogens is 1. The number of carbonyl (C=O) groups is 3. The van der Waals surface area contributed by atoms with Crippen molar-refractivity contribution in [3.63, 3.8) is 0 Å². The molecule has 0 aromatic heterocycles. The highest BCUT2D eigenvalue weighted by molar-refractivity contribution is 9.10. The largest absolute Gasteiger partial charge is 0.292 e. The Labute approximate surface area is 176 Å². The Balaban J connectivity index is 1.65. The predicted octanol–water partition coefficient (Wildman–Crippen LogP) is 3.03. The number of fused-ring (bicyclic) bond motifs is 5. The average Bonchev–Trinajstić information content (AvgIpc) is 3.21. The minimum atomic E-state index is -0.802. The minimum absolute atomic E-state index is 0.189. The number of benzene rings is 2. The van der Waals surface area contributed by atoms with Gasteiger partial charge in [0, 0.05) is 16.6 Å². The maximum atomic E-state index is 13.5. The first-order valence-electron chi connectivity index (χ1n) is 9.59. The molecule has 2 amide bonds. The van der Waals surface area contributed by atoms with Crippen LogP contribution in [0.25, 0.3) is 0 Å². The molecule has 0 N–H and O–H groups in total. The molecule has 29 heavy (non-hydrogen) atoms. The summed E-state index contributed by atoms with van der Waals surface area (Å²) in [5, 5.41) is 6.22. The second kappa shape index (κ2) is 6.62. The van der Waals surface area contributed by atoms with Gasteiger partial charge in [0.2, 0.25) is 11.8 Å². The van der Waals surface area contributed by atoms with E-state index in [0.717, 1.165) is 15.6 Å². The topological polar surface area (TPSA) is 70.1 Å². The quantitative estimate of drug-likeness (QED) is 0.531. The van der Waals surface area contributed by atoms with Crippen LogP contribution in [0.4, 0.5) is 0 Å². The zero-order valence-electron chi connectivity index (χ0n) is 15.7. The molecule has 5 rings (SSSR count). The maximum Gasteiger partial charge on any atom is 0.235 e. The molecule has 2 saturated heterocycles. The lowest BCUT2D eigenvalue weighted by Gasteiger charge is -2.33. The Morgan fingerprint density at radius 1 is 1.03 bits per heavy atom. The first kappa shape index (κ1) is 18.2. The average molecular weight is 452 g/mol. The van der Waals surface area contributed by atoms with Gasteiger partial charge in [0.1, 0.15) is 6.04 Å². The van der Waals surface area contributed by atoms with E-state index < -0.39 is 23.9 Å². The van der Waals surface area contributed by atoms with Crippen molar-refractivity contribution in [2.45, 2.75) is 19.0 Å². The van der Waals surface area contributed by atoms with Gasteiger partial charge in [-0.15, -0.1) is 0 Å². The number of likely N-dealkylation sites (tertiary alicyclic amines) is 1. The Morgan fingerprint density at radius 3 is 2.45 bits per heavy atom.